The van der Waals surface area contributed by atoms with Crippen molar-refractivity contribution in [1.82, 2.24) is 4.31 Å². The number of benzene rings is 2. The zero-order valence-electron chi connectivity index (χ0n) is 16.6. The van der Waals surface area contributed by atoms with Gasteiger partial charge in [0.1, 0.15) is 0 Å². The second-order valence-electron chi connectivity index (χ2n) is 6.24. The molecule has 0 fully saturated rings. The van der Waals surface area contributed by atoms with Crippen molar-refractivity contribution >= 4 is 21.5 Å². The van der Waals surface area contributed by atoms with Gasteiger partial charge in [0.2, 0.25) is 10.0 Å². The van der Waals surface area contributed by atoms with Gasteiger partial charge in [-0.2, -0.15) is 4.31 Å². The number of carbonyl (C=O) groups excluding carboxylic acids is 1. The first-order chi connectivity index (χ1) is 13.7. The average molecular weight is 420 g/mol. The fraction of sp³-hybridized carbons (Fsp3) is 0.350. The van der Waals surface area contributed by atoms with Crippen LogP contribution in [0.5, 0.6) is 5.75 Å². The largest absolute Gasteiger partial charge is 0.478 e. The number of nitro benzene ring substituents is 1. The third-order valence-corrected chi connectivity index (χ3v) is 6.56. The molecule has 0 aliphatic heterocycles. The minimum Gasteiger partial charge on any atom is -0.478 e. The first-order valence-electron chi connectivity index (χ1n) is 9.28. The Labute approximate surface area is 170 Å². The summed E-state index contributed by atoms with van der Waals surface area (Å²) in [7, 11) is -3.85. The maximum atomic E-state index is 12.6. The molecule has 0 N–H and O–H groups in total. The predicted octanol–water partition coefficient (Wildman–Crippen LogP) is 3.45. The van der Waals surface area contributed by atoms with Crippen molar-refractivity contribution in [1.29, 1.82) is 0 Å². The number of hydrogen-bond acceptors (Lipinski definition) is 6. The molecule has 0 amide bonds. The molecule has 0 saturated heterocycles. The topological polar surface area (TPSA) is 107 Å². The third-order valence-electron chi connectivity index (χ3n) is 4.51. The van der Waals surface area contributed by atoms with E-state index in [4.69, 9.17) is 4.74 Å². The Morgan fingerprint density at radius 2 is 1.69 bits per heavy atom. The maximum Gasteiger partial charge on any atom is 0.312 e. The number of Topliss-reactive ketones (excluding diaryl/α,β-unsaturated/α-hetero) is 1. The molecule has 29 heavy (non-hydrogen) atoms. The molecule has 0 atom stereocenters. The van der Waals surface area contributed by atoms with E-state index in [0.717, 1.165) is 18.1 Å². The van der Waals surface area contributed by atoms with Gasteiger partial charge in [-0.25, -0.2) is 8.42 Å². The summed E-state index contributed by atoms with van der Waals surface area (Å²) in [5.41, 5.74) is 1.01. The Morgan fingerprint density at radius 1 is 1.07 bits per heavy atom. The van der Waals surface area contributed by atoms with Crippen LogP contribution in [-0.2, 0) is 16.4 Å². The van der Waals surface area contributed by atoms with Gasteiger partial charge >= 0.3 is 5.69 Å². The van der Waals surface area contributed by atoms with Gasteiger partial charge < -0.3 is 4.74 Å². The van der Waals surface area contributed by atoms with E-state index >= 15 is 0 Å². The van der Waals surface area contributed by atoms with Crippen LogP contribution in [0.25, 0.3) is 0 Å². The summed E-state index contributed by atoms with van der Waals surface area (Å²) in [4.78, 5) is 22.8. The van der Waals surface area contributed by atoms with Crippen LogP contribution in [0.2, 0.25) is 0 Å². The molecule has 8 nitrogen and oxygen atoms in total. The lowest BCUT2D eigenvalue weighted by molar-refractivity contribution is -0.386. The molecule has 0 aromatic heterocycles. The van der Waals surface area contributed by atoms with E-state index in [2.05, 4.69) is 0 Å². The summed E-state index contributed by atoms with van der Waals surface area (Å²) < 4.78 is 31.7. The van der Waals surface area contributed by atoms with Crippen molar-refractivity contribution in [3.8, 4) is 5.75 Å². The van der Waals surface area contributed by atoms with E-state index in [-0.39, 0.29) is 29.5 Å². The number of rotatable bonds is 10. The molecule has 2 rings (SSSR count). The Bertz CT molecular complexity index is 983. The number of aryl methyl sites for hydroxylation is 1. The highest BCUT2D eigenvalue weighted by Gasteiger charge is 2.26. The molecule has 156 valence electrons. The average Bonchev–Trinajstić information content (AvgIpc) is 2.72. The molecule has 0 aliphatic carbocycles. The fourth-order valence-electron chi connectivity index (χ4n) is 2.79. The van der Waals surface area contributed by atoms with E-state index in [9.17, 15) is 23.3 Å². The number of hydrogen-bond donors (Lipinski definition) is 0. The van der Waals surface area contributed by atoms with Crippen LogP contribution in [0, 0.1) is 10.1 Å². The van der Waals surface area contributed by atoms with Gasteiger partial charge in [-0.3, -0.25) is 14.9 Å². The van der Waals surface area contributed by atoms with Crippen LogP contribution in [0.3, 0.4) is 0 Å². The lowest BCUT2D eigenvalue weighted by Gasteiger charge is -2.18. The zero-order valence-corrected chi connectivity index (χ0v) is 17.4. The molecule has 0 heterocycles. The molecule has 2 aromatic rings. The van der Waals surface area contributed by atoms with Crippen LogP contribution in [-0.4, -0.2) is 43.1 Å². The molecule has 0 aliphatic rings. The van der Waals surface area contributed by atoms with Crippen molar-refractivity contribution in [2.75, 3.05) is 19.7 Å². The molecule has 0 unspecified atom stereocenters. The highest BCUT2D eigenvalue weighted by molar-refractivity contribution is 7.89. The number of carbonyl (C=O) groups is 1. The van der Waals surface area contributed by atoms with Crippen molar-refractivity contribution in [2.24, 2.45) is 0 Å². The second kappa shape index (κ2) is 9.62. The van der Waals surface area contributed by atoms with Crippen LogP contribution < -0.4 is 4.74 Å². The molecular weight excluding hydrogens is 396 g/mol. The maximum absolute atomic E-state index is 12.6. The number of ether oxygens (including phenoxy) is 1. The highest BCUT2D eigenvalue weighted by atomic mass is 32.2. The lowest BCUT2D eigenvalue weighted by Crippen LogP contribution is -2.30. The van der Waals surface area contributed by atoms with Crippen molar-refractivity contribution < 1.29 is 22.9 Å². The van der Waals surface area contributed by atoms with Crippen LogP contribution >= 0.6 is 0 Å². The van der Waals surface area contributed by atoms with Crippen molar-refractivity contribution in [3.63, 3.8) is 0 Å². The summed E-state index contributed by atoms with van der Waals surface area (Å²) in [6.07, 6.45) is 0.847. The first kappa shape index (κ1) is 22.5. The lowest BCUT2D eigenvalue weighted by atomic mass is 10.1. The third kappa shape index (κ3) is 5.18. The fourth-order valence-corrected chi connectivity index (χ4v) is 4.27. The Hall–Kier alpha value is -2.78. The summed E-state index contributed by atoms with van der Waals surface area (Å²) in [6.45, 7) is 5.47. The molecule has 0 radical (unpaired) electrons. The Kier molecular flexibility index (Phi) is 7.46. The summed E-state index contributed by atoms with van der Waals surface area (Å²) in [5.74, 6) is -0.492. The van der Waals surface area contributed by atoms with Gasteiger partial charge in [0, 0.05) is 24.7 Å². The normalized spacial score (nSPS) is 11.4. The number of nitrogens with zero attached hydrogens (tertiary/aromatic N) is 2. The molecule has 0 spiro atoms. The van der Waals surface area contributed by atoms with Crippen LogP contribution in [0.4, 0.5) is 5.69 Å². The predicted molar refractivity (Wildman–Crippen MR) is 109 cm³/mol. The SMILES string of the molecule is CCc1ccc(C(=O)COc2ccc(S(=O)(=O)N(CC)CC)cc2[N+](=O)[O-])cc1. The quantitative estimate of drug-likeness (QED) is 0.331. The summed E-state index contributed by atoms with van der Waals surface area (Å²) in [5, 5.41) is 11.4. The van der Waals surface area contributed by atoms with Gasteiger partial charge in [-0.15, -0.1) is 0 Å². The minimum absolute atomic E-state index is 0.160. The van der Waals surface area contributed by atoms with Crippen molar-refractivity contribution in [3.05, 3.63) is 63.7 Å². The number of ketones is 1. The Balaban J connectivity index is 2.24. The van der Waals surface area contributed by atoms with Gasteiger partial charge in [0.15, 0.2) is 18.1 Å². The monoisotopic (exact) mass is 420 g/mol. The molecule has 0 bridgehead atoms. The van der Waals surface area contributed by atoms with Crippen LogP contribution in [0.1, 0.15) is 36.7 Å². The molecule has 9 heteroatoms. The second-order valence-corrected chi connectivity index (χ2v) is 8.18. The van der Waals surface area contributed by atoms with Gasteiger partial charge in [0.25, 0.3) is 0 Å². The van der Waals surface area contributed by atoms with E-state index in [1.807, 2.05) is 19.1 Å². The zero-order chi connectivity index (χ0) is 21.6. The molecule has 2 aromatic carbocycles. The molecule has 0 saturated carbocycles. The summed E-state index contributed by atoms with van der Waals surface area (Å²) in [6, 6.07) is 10.4. The van der Waals surface area contributed by atoms with E-state index in [1.54, 1.807) is 26.0 Å². The standard InChI is InChI=1S/C20H24N2O6S/c1-4-15-7-9-16(10-8-15)19(23)14-28-20-12-11-17(13-18(20)22(24)25)29(26,27)21(5-2)6-3/h7-13H,4-6,14H2,1-3H3. The van der Waals surface area contributed by atoms with E-state index in [1.165, 1.54) is 16.4 Å². The van der Waals surface area contributed by atoms with Gasteiger partial charge in [-0.05, 0) is 24.1 Å². The van der Waals surface area contributed by atoms with Gasteiger partial charge in [-0.1, -0.05) is 45.0 Å². The molecular formula is C20H24N2O6S. The minimum atomic E-state index is -3.85. The van der Waals surface area contributed by atoms with E-state index < -0.39 is 27.2 Å². The summed E-state index contributed by atoms with van der Waals surface area (Å²) >= 11 is 0. The van der Waals surface area contributed by atoms with Crippen molar-refractivity contribution in [2.45, 2.75) is 32.1 Å². The number of sulfonamides is 1. The van der Waals surface area contributed by atoms with Crippen LogP contribution in [0.15, 0.2) is 47.4 Å². The smallest absolute Gasteiger partial charge is 0.312 e. The first-order valence-corrected chi connectivity index (χ1v) is 10.7. The highest BCUT2D eigenvalue weighted by Crippen LogP contribution is 2.31. The number of nitro groups is 1. The van der Waals surface area contributed by atoms with Gasteiger partial charge in [0.05, 0.1) is 9.82 Å². The Morgan fingerprint density at radius 3 is 2.21 bits per heavy atom. The van der Waals surface area contributed by atoms with E-state index in [0.29, 0.717) is 5.56 Å².